The van der Waals surface area contributed by atoms with Crippen LogP contribution in [-0.4, -0.2) is 20.6 Å². The van der Waals surface area contributed by atoms with Crippen LogP contribution >= 0.6 is 11.8 Å². The Balaban J connectivity index is 1.91. The molecule has 3 aromatic rings. The molecule has 3 rings (SSSR count). The number of rotatable bonds is 5. The van der Waals surface area contributed by atoms with Crippen LogP contribution in [0, 0.1) is 0 Å². The second-order valence-corrected chi connectivity index (χ2v) is 5.65. The van der Waals surface area contributed by atoms with Gasteiger partial charge in [-0.25, -0.2) is 4.98 Å². The molecule has 1 heterocycles. The zero-order valence-electron chi connectivity index (χ0n) is 11.3. The van der Waals surface area contributed by atoms with Gasteiger partial charge in [0.25, 0.3) is 0 Å². The molecule has 0 saturated heterocycles. The maximum absolute atomic E-state index is 11.1. The fourth-order valence-corrected chi connectivity index (χ4v) is 3.08. The number of benzene rings is 2. The fraction of sp³-hybridized carbons (Fsp3) is 0.125. The summed E-state index contributed by atoms with van der Waals surface area (Å²) in [5.74, 6) is 0.572. The average molecular weight is 298 g/mol. The van der Waals surface area contributed by atoms with Gasteiger partial charge in [-0.2, -0.15) is 0 Å². The van der Waals surface area contributed by atoms with E-state index in [1.165, 1.54) is 0 Å². The van der Waals surface area contributed by atoms with E-state index in [4.69, 9.17) is 5.11 Å². The molecule has 0 radical (unpaired) electrons. The molecule has 4 nitrogen and oxygen atoms in total. The highest BCUT2D eigenvalue weighted by Crippen LogP contribution is 2.24. The number of nitrogens with zero attached hydrogens (tertiary/aromatic N) is 2. The summed E-state index contributed by atoms with van der Waals surface area (Å²) in [5, 5.41) is 9.10. The summed E-state index contributed by atoms with van der Waals surface area (Å²) >= 11 is 1.65. The van der Waals surface area contributed by atoms with Crippen LogP contribution < -0.4 is 0 Å². The maximum atomic E-state index is 11.1. The monoisotopic (exact) mass is 298 g/mol. The third-order valence-corrected chi connectivity index (χ3v) is 4.15. The summed E-state index contributed by atoms with van der Waals surface area (Å²) in [6.45, 7) is -0.0643. The van der Waals surface area contributed by atoms with E-state index in [9.17, 15) is 4.79 Å². The van der Waals surface area contributed by atoms with Gasteiger partial charge < -0.3 is 9.67 Å². The largest absolute Gasteiger partial charge is 0.480 e. The number of hydrogen-bond acceptors (Lipinski definition) is 3. The number of imidazole rings is 1. The molecule has 21 heavy (non-hydrogen) atoms. The van der Waals surface area contributed by atoms with Gasteiger partial charge in [-0.05, 0) is 24.3 Å². The van der Waals surface area contributed by atoms with Gasteiger partial charge in [-0.15, -0.1) is 11.8 Å². The minimum absolute atomic E-state index is 0.0643. The van der Waals surface area contributed by atoms with Crippen molar-refractivity contribution in [2.75, 3.05) is 0 Å². The van der Waals surface area contributed by atoms with Gasteiger partial charge in [0.15, 0.2) is 0 Å². The van der Waals surface area contributed by atoms with E-state index in [2.05, 4.69) is 4.98 Å². The van der Waals surface area contributed by atoms with Crippen molar-refractivity contribution in [3.8, 4) is 0 Å². The Labute approximate surface area is 126 Å². The Morgan fingerprint density at radius 1 is 1.10 bits per heavy atom. The minimum atomic E-state index is -0.857. The third-order valence-electron chi connectivity index (χ3n) is 3.14. The summed E-state index contributed by atoms with van der Waals surface area (Å²) < 4.78 is 1.77. The van der Waals surface area contributed by atoms with Gasteiger partial charge in [-0.3, -0.25) is 4.79 Å². The van der Waals surface area contributed by atoms with Crippen molar-refractivity contribution in [2.24, 2.45) is 0 Å². The van der Waals surface area contributed by atoms with Crippen molar-refractivity contribution >= 4 is 28.8 Å². The second-order valence-electron chi connectivity index (χ2n) is 4.60. The number of carbonyl (C=O) groups is 1. The molecule has 1 aromatic heterocycles. The molecule has 0 unspecified atom stereocenters. The number of fused-ring (bicyclic) bond motifs is 1. The molecular weight excluding hydrogens is 284 g/mol. The Bertz CT molecular complexity index is 768. The zero-order valence-corrected chi connectivity index (χ0v) is 12.1. The van der Waals surface area contributed by atoms with Crippen LogP contribution in [0.3, 0.4) is 0 Å². The number of aromatic nitrogens is 2. The predicted octanol–water partition coefficient (Wildman–Crippen LogP) is 3.41. The van der Waals surface area contributed by atoms with Gasteiger partial charge in [-0.1, -0.05) is 30.3 Å². The maximum Gasteiger partial charge on any atom is 0.323 e. The van der Waals surface area contributed by atoms with Gasteiger partial charge >= 0.3 is 5.97 Å². The highest BCUT2D eigenvalue weighted by atomic mass is 32.2. The molecule has 0 bridgehead atoms. The molecule has 0 spiro atoms. The standard InChI is InChI=1S/C16H14N2O2S/c19-16(20)10-18-14-9-5-4-8-13(14)17-15(18)11-21-12-6-2-1-3-7-12/h1-9H,10-11H2,(H,19,20). The van der Waals surface area contributed by atoms with Gasteiger partial charge in [0.2, 0.25) is 0 Å². The van der Waals surface area contributed by atoms with Crippen LogP contribution in [0.1, 0.15) is 5.82 Å². The third kappa shape index (κ3) is 3.08. The molecule has 2 aromatic carbocycles. The Kier molecular flexibility index (Phi) is 3.92. The topological polar surface area (TPSA) is 55.1 Å². The van der Waals surface area contributed by atoms with Crippen molar-refractivity contribution in [2.45, 2.75) is 17.2 Å². The molecule has 0 fully saturated rings. The molecule has 0 amide bonds. The molecular formula is C16H14N2O2S. The lowest BCUT2D eigenvalue weighted by atomic mass is 10.3. The van der Waals surface area contributed by atoms with E-state index < -0.39 is 5.97 Å². The molecule has 106 valence electrons. The van der Waals surface area contributed by atoms with E-state index in [0.717, 1.165) is 21.8 Å². The van der Waals surface area contributed by atoms with Crippen LogP contribution in [0.4, 0.5) is 0 Å². The fourth-order valence-electron chi connectivity index (χ4n) is 2.21. The number of thioether (sulfide) groups is 1. The smallest absolute Gasteiger partial charge is 0.323 e. The van der Waals surface area contributed by atoms with Crippen molar-refractivity contribution in [3.05, 3.63) is 60.4 Å². The van der Waals surface area contributed by atoms with E-state index >= 15 is 0 Å². The van der Waals surface area contributed by atoms with Gasteiger partial charge in [0, 0.05) is 4.90 Å². The zero-order chi connectivity index (χ0) is 14.7. The predicted molar refractivity (Wildman–Crippen MR) is 83.4 cm³/mol. The highest BCUT2D eigenvalue weighted by Gasteiger charge is 2.13. The minimum Gasteiger partial charge on any atom is -0.480 e. The first-order chi connectivity index (χ1) is 10.2. The molecule has 0 aliphatic rings. The Morgan fingerprint density at radius 2 is 1.81 bits per heavy atom. The Hall–Kier alpha value is -2.27. The molecule has 1 N–H and O–H groups in total. The Morgan fingerprint density at radius 3 is 2.57 bits per heavy atom. The summed E-state index contributed by atoms with van der Waals surface area (Å²) in [7, 11) is 0. The van der Waals surface area contributed by atoms with Crippen molar-refractivity contribution in [1.29, 1.82) is 0 Å². The lowest BCUT2D eigenvalue weighted by molar-refractivity contribution is -0.137. The molecule has 0 aliphatic heterocycles. The van der Waals surface area contributed by atoms with Crippen molar-refractivity contribution in [3.63, 3.8) is 0 Å². The average Bonchev–Trinajstić information content (AvgIpc) is 2.84. The first-order valence-electron chi connectivity index (χ1n) is 6.58. The van der Waals surface area contributed by atoms with Crippen molar-refractivity contribution in [1.82, 2.24) is 9.55 Å². The summed E-state index contributed by atoms with van der Waals surface area (Å²) in [4.78, 5) is 16.8. The summed E-state index contributed by atoms with van der Waals surface area (Å²) in [6, 6.07) is 17.6. The summed E-state index contributed by atoms with van der Waals surface area (Å²) in [6.07, 6.45) is 0. The molecule has 0 aliphatic carbocycles. The summed E-state index contributed by atoms with van der Waals surface area (Å²) in [5.41, 5.74) is 1.70. The lowest BCUT2D eigenvalue weighted by Crippen LogP contribution is -2.11. The van der Waals surface area contributed by atoms with E-state index in [1.807, 2.05) is 54.6 Å². The molecule has 0 atom stereocenters. The number of aliphatic carboxylic acids is 1. The SMILES string of the molecule is O=C(O)Cn1c(CSc2ccccc2)nc2ccccc21. The normalized spacial score (nSPS) is 10.9. The van der Waals surface area contributed by atoms with Crippen LogP contribution in [-0.2, 0) is 17.1 Å². The van der Waals surface area contributed by atoms with Gasteiger partial charge in [0.05, 0.1) is 16.8 Å². The first-order valence-corrected chi connectivity index (χ1v) is 7.56. The van der Waals surface area contributed by atoms with Crippen LogP contribution in [0.25, 0.3) is 11.0 Å². The number of hydrogen-bond donors (Lipinski definition) is 1. The first kappa shape index (κ1) is 13.7. The van der Waals surface area contributed by atoms with E-state index in [1.54, 1.807) is 16.3 Å². The molecule has 0 saturated carbocycles. The van der Waals surface area contributed by atoms with Gasteiger partial charge in [0.1, 0.15) is 12.4 Å². The van der Waals surface area contributed by atoms with Crippen LogP contribution in [0.5, 0.6) is 0 Å². The second kappa shape index (κ2) is 6.01. The quantitative estimate of drug-likeness (QED) is 0.733. The highest BCUT2D eigenvalue weighted by molar-refractivity contribution is 7.98. The van der Waals surface area contributed by atoms with Crippen molar-refractivity contribution < 1.29 is 9.90 Å². The van der Waals surface area contributed by atoms with Crippen LogP contribution in [0.2, 0.25) is 0 Å². The number of para-hydroxylation sites is 2. The van der Waals surface area contributed by atoms with E-state index in [-0.39, 0.29) is 6.54 Å². The molecule has 5 heteroatoms. The van der Waals surface area contributed by atoms with E-state index in [0.29, 0.717) is 5.75 Å². The lowest BCUT2D eigenvalue weighted by Gasteiger charge is -2.06. The number of carboxylic acids is 1. The number of carboxylic acid groups (broad SMARTS) is 1. The van der Waals surface area contributed by atoms with Crippen LogP contribution in [0.15, 0.2) is 59.5 Å².